The van der Waals surface area contributed by atoms with Gasteiger partial charge in [0, 0.05) is 24.3 Å². The van der Waals surface area contributed by atoms with E-state index in [9.17, 15) is 9.59 Å². The number of hydrogen-bond acceptors (Lipinski definition) is 3. The van der Waals surface area contributed by atoms with Crippen molar-refractivity contribution in [1.29, 1.82) is 0 Å². The van der Waals surface area contributed by atoms with E-state index in [1.54, 1.807) is 11.0 Å². The molecule has 0 fully saturated rings. The van der Waals surface area contributed by atoms with Gasteiger partial charge in [0.1, 0.15) is 0 Å². The number of thiophene rings is 1. The van der Waals surface area contributed by atoms with E-state index in [1.807, 2.05) is 49.4 Å². The molecular formula is C20H23ClN2O2S. The van der Waals surface area contributed by atoms with Gasteiger partial charge in [-0.15, -0.1) is 17.9 Å². The first-order valence-corrected chi connectivity index (χ1v) is 9.66. The average molecular weight is 391 g/mol. The Morgan fingerprint density at radius 1 is 1.23 bits per heavy atom. The fourth-order valence-electron chi connectivity index (χ4n) is 2.55. The van der Waals surface area contributed by atoms with Crippen molar-refractivity contribution in [2.45, 2.75) is 32.4 Å². The number of carbonyl (C=O) groups excluding carboxylic acids is 2. The molecule has 0 spiro atoms. The van der Waals surface area contributed by atoms with E-state index in [0.717, 1.165) is 10.4 Å². The van der Waals surface area contributed by atoms with Gasteiger partial charge >= 0.3 is 0 Å². The van der Waals surface area contributed by atoms with Gasteiger partial charge in [-0.1, -0.05) is 48.0 Å². The van der Waals surface area contributed by atoms with Gasteiger partial charge in [-0.25, -0.2) is 0 Å². The predicted octanol–water partition coefficient (Wildman–Crippen LogP) is 4.57. The van der Waals surface area contributed by atoms with Gasteiger partial charge in [-0.2, -0.15) is 0 Å². The molecule has 138 valence electrons. The monoisotopic (exact) mass is 390 g/mol. The second-order valence-corrected chi connectivity index (χ2v) is 7.77. The van der Waals surface area contributed by atoms with Crippen molar-refractivity contribution < 1.29 is 9.59 Å². The Bertz CT molecular complexity index is 745. The molecule has 1 atom stereocenters. The molecule has 0 saturated heterocycles. The second kappa shape index (κ2) is 10.1. The van der Waals surface area contributed by atoms with Crippen LogP contribution in [0.4, 0.5) is 0 Å². The fourth-order valence-corrected chi connectivity index (χ4v) is 3.66. The van der Waals surface area contributed by atoms with Crippen LogP contribution in [0.3, 0.4) is 0 Å². The molecule has 1 heterocycles. The molecule has 0 aliphatic carbocycles. The largest absolute Gasteiger partial charge is 0.350 e. The Labute approximate surface area is 163 Å². The molecule has 1 unspecified atom stereocenters. The van der Waals surface area contributed by atoms with E-state index in [1.165, 1.54) is 11.3 Å². The van der Waals surface area contributed by atoms with E-state index >= 15 is 0 Å². The van der Waals surface area contributed by atoms with Crippen LogP contribution in [0.5, 0.6) is 0 Å². The minimum Gasteiger partial charge on any atom is -0.350 e. The molecular weight excluding hydrogens is 368 g/mol. The molecule has 26 heavy (non-hydrogen) atoms. The molecule has 0 bridgehead atoms. The summed E-state index contributed by atoms with van der Waals surface area (Å²) in [5.41, 5.74) is 1.04. The smallest absolute Gasteiger partial charge is 0.223 e. The summed E-state index contributed by atoms with van der Waals surface area (Å²) in [6.45, 7) is 6.55. The van der Waals surface area contributed by atoms with E-state index < -0.39 is 0 Å². The maximum Gasteiger partial charge on any atom is 0.223 e. The highest BCUT2D eigenvalue weighted by Gasteiger charge is 2.16. The van der Waals surface area contributed by atoms with Crippen LogP contribution in [0.1, 0.15) is 36.2 Å². The van der Waals surface area contributed by atoms with Gasteiger partial charge in [-0.05, 0) is 24.6 Å². The normalized spacial score (nSPS) is 11.6. The summed E-state index contributed by atoms with van der Waals surface area (Å²) < 4.78 is 0.695. The lowest BCUT2D eigenvalue weighted by molar-refractivity contribution is -0.133. The minimum atomic E-state index is -0.132. The van der Waals surface area contributed by atoms with Gasteiger partial charge in [0.2, 0.25) is 11.8 Å². The molecule has 2 amide bonds. The van der Waals surface area contributed by atoms with Gasteiger partial charge in [-0.3, -0.25) is 9.59 Å². The van der Waals surface area contributed by atoms with Gasteiger partial charge in [0.05, 0.1) is 16.9 Å². The first kappa shape index (κ1) is 20.2. The zero-order chi connectivity index (χ0) is 18.9. The zero-order valence-corrected chi connectivity index (χ0v) is 16.4. The molecule has 2 aromatic rings. The summed E-state index contributed by atoms with van der Waals surface area (Å²) in [7, 11) is 0. The van der Waals surface area contributed by atoms with Crippen LogP contribution >= 0.6 is 22.9 Å². The van der Waals surface area contributed by atoms with Crippen molar-refractivity contribution in [2.75, 3.05) is 6.54 Å². The highest BCUT2D eigenvalue weighted by atomic mass is 35.5. The Kier molecular flexibility index (Phi) is 7.88. The van der Waals surface area contributed by atoms with E-state index in [-0.39, 0.29) is 30.7 Å². The maximum absolute atomic E-state index is 12.5. The summed E-state index contributed by atoms with van der Waals surface area (Å²) in [5.74, 6) is -0.204. The molecule has 0 aliphatic rings. The Hall–Kier alpha value is -2.11. The van der Waals surface area contributed by atoms with Crippen LogP contribution in [0.15, 0.2) is 55.1 Å². The number of amides is 2. The first-order chi connectivity index (χ1) is 12.5. The second-order valence-electron chi connectivity index (χ2n) is 5.97. The predicted molar refractivity (Wildman–Crippen MR) is 107 cm³/mol. The molecule has 1 N–H and O–H groups in total. The number of nitrogens with one attached hydrogen (secondary N) is 1. The van der Waals surface area contributed by atoms with Crippen LogP contribution in [-0.4, -0.2) is 23.3 Å². The zero-order valence-electron chi connectivity index (χ0n) is 14.8. The van der Waals surface area contributed by atoms with Crippen molar-refractivity contribution in [1.82, 2.24) is 10.2 Å². The number of halogens is 1. The topological polar surface area (TPSA) is 49.4 Å². The Morgan fingerprint density at radius 2 is 1.96 bits per heavy atom. The van der Waals surface area contributed by atoms with Crippen molar-refractivity contribution in [3.8, 4) is 0 Å². The number of rotatable bonds is 9. The van der Waals surface area contributed by atoms with Crippen LogP contribution in [0.25, 0.3) is 0 Å². The van der Waals surface area contributed by atoms with Gasteiger partial charge < -0.3 is 10.2 Å². The molecule has 4 nitrogen and oxygen atoms in total. The molecule has 1 aromatic heterocycles. The third-order valence-electron chi connectivity index (χ3n) is 3.92. The quantitative estimate of drug-likeness (QED) is 0.637. The average Bonchev–Trinajstić information content (AvgIpc) is 3.05. The highest BCUT2D eigenvalue weighted by molar-refractivity contribution is 7.16. The molecule has 0 aliphatic heterocycles. The lowest BCUT2D eigenvalue weighted by Crippen LogP contribution is -2.32. The lowest BCUT2D eigenvalue weighted by Gasteiger charge is -2.21. The summed E-state index contributed by atoms with van der Waals surface area (Å²) in [5, 5.41) is 2.93. The molecule has 0 radical (unpaired) electrons. The van der Waals surface area contributed by atoms with Crippen molar-refractivity contribution in [3.63, 3.8) is 0 Å². The van der Waals surface area contributed by atoms with Crippen molar-refractivity contribution in [3.05, 3.63) is 69.9 Å². The summed E-state index contributed by atoms with van der Waals surface area (Å²) in [6.07, 6.45) is 2.01. The van der Waals surface area contributed by atoms with Crippen LogP contribution < -0.4 is 5.32 Å². The van der Waals surface area contributed by atoms with Crippen molar-refractivity contribution >= 4 is 34.8 Å². The molecule has 1 aromatic carbocycles. The maximum atomic E-state index is 12.5. The summed E-state index contributed by atoms with van der Waals surface area (Å²) in [4.78, 5) is 27.3. The van der Waals surface area contributed by atoms with Gasteiger partial charge in [0.15, 0.2) is 0 Å². The lowest BCUT2D eigenvalue weighted by atomic mass is 10.1. The fraction of sp³-hybridized carbons (Fsp3) is 0.300. The van der Waals surface area contributed by atoms with E-state index in [0.29, 0.717) is 17.4 Å². The number of benzene rings is 1. The highest BCUT2D eigenvalue weighted by Crippen LogP contribution is 2.23. The third kappa shape index (κ3) is 6.32. The van der Waals surface area contributed by atoms with Crippen LogP contribution in [0.2, 0.25) is 4.34 Å². The molecule has 0 saturated carbocycles. The molecule has 2 rings (SSSR count). The van der Waals surface area contributed by atoms with Gasteiger partial charge in [0.25, 0.3) is 0 Å². The molecule has 6 heteroatoms. The Morgan fingerprint density at radius 3 is 2.58 bits per heavy atom. The third-order valence-corrected chi connectivity index (χ3v) is 5.14. The standard InChI is InChI=1S/C20H23ClN2O2S/c1-3-13-23(14-17-9-10-18(21)26-17)20(25)12-11-19(24)22-15(2)16-7-5-4-6-8-16/h3-10,15H,1,11-14H2,2H3,(H,22,24). The first-order valence-electron chi connectivity index (χ1n) is 8.46. The number of hydrogen-bond donors (Lipinski definition) is 1. The van der Waals surface area contributed by atoms with Crippen LogP contribution in [0, 0.1) is 0 Å². The summed E-state index contributed by atoms with van der Waals surface area (Å²) in [6, 6.07) is 13.4. The van der Waals surface area contributed by atoms with E-state index in [4.69, 9.17) is 11.6 Å². The van der Waals surface area contributed by atoms with Crippen molar-refractivity contribution in [2.24, 2.45) is 0 Å². The van der Waals surface area contributed by atoms with E-state index in [2.05, 4.69) is 11.9 Å². The minimum absolute atomic E-state index is 0.0723. The van der Waals surface area contributed by atoms with Crippen LogP contribution in [-0.2, 0) is 16.1 Å². The number of carbonyl (C=O) groups is 2. The number of nitrogens with zero attached hydrogens (tertiary/aromatic N) is 1. The summed E-state index contributed by atoms with van der Waals surface area (Å²) >= 11 is 7.39. The SMILES string of the molecule is C=CCN(Cc1ccc(Cl)s1)C(=O)CCC(=O)NC(C)c1ccccc1. The Balaban J connectivity index is 1.84.